The van der Waals surface area contributed by atoms with Crippen LogP contribution in [0.4, 0.5) is 5.69 Å². The molecular weight excluding hydrogens is 142 g/mol. The van der Waals surface area contributed by atoms with Crippen molar-refractivity contribution in [3.63, 3.8) is 0 Å². The number of hydrogen-bond donors (Lipinski definition) is 4. The minimum Gasteiger partial charge on any atom is -0.508 e. The minimum absolute atomic E-state index is 0.0780. The van der Waals surface area contributed by atoms with Crippen LogP contribution >= 0.6 is 0 Å². The van der Waals surface area contributed by atoms with Crippen molar-refractivity contribution in [2.75, 3.05) is 5.73 Å². The van der Waals surface area contributed by atoms with Gasteiger partial charge in [0.05, 0.1) is 6.17 Å². The van der Waals surface area contributed by atoms with Crippen LogP contribution in [0.25, 0.3) is 0 Å². The molecule has 0 fully saturated rings. The molecule has 4 nitrogen and oxygen atoms in total. The van der Waals surface area contributed by atoms with Crippen molar-refractivity contribution in [2.24, 2.45) is 11.5 Å². The molecule has 0 saturated carbocycles. The van der Waals surface area contributed by atoms with E-state index in [9.17, 15) is 5.11 Å². The number of aromatic hydroxyl groups is 1. The molecule has 11 heavy (non-hydrogen) atoms. The van der Waals surface area contributed by atoms with Crippen molar-refractivity contribution in [2.45, 2.75) is 6.17 Å². The molecule has 0 amide bonds. The number of rotatable bonds is 1. The molecule has 0 aromatic heterocycles. The molecule has 1 rings (SSSR count). The zero-order valence-corrected chi connectivity index (χ0v) is 5.99. The van der Waals surface area contributed by atoms with Gasteiger partial charge in [-0.3, -0.25) is 0 Å². The van der Waals surface area contributed by atoms with E-state index in [2.05, 4.69) is 0 Å². The van der Waals surface area contributed by atoms with Crippen molar-refractivity contribution in [3.8, 4) is 5.75 Å². The molecule has 1 aromatic carbocycles. The summed E-state index contributed by atoms with van der Waals surface area (Å²) in [6.45, 7) is 0. The third-order valence-electron chi connectivity index (χ3n) is 1.41. The highest BCUT2D eigenvalue weighted by Crippen LogP contribution is 2.22. The lowest BCUT2D eigenvalue weighted by atomic mass is 10.1. The number of nitrogens with two attached hydrogens (primary N) is 3. The second-order valence-corrected chi connectivity index (χ2v) is 2.34. The van der Waals surface area contributed by atoms with E-state index in [0.717, 1.165) is 0 Å². The van der Waals surface area contributed by atoms with Gasteiger partial charge in [-0.15, -0.1) is 0 Å². The number of anilines is 1. The van der Waals surface area contributed by atoms with Crippen LogP contribution in [0.1, 0.15) is 11.7 Å². The van der Waals surface area contributed by atoms with Crippen LogP contribution < -0.4 is 17.2 Å². The third kappa shape index (κ3) is 1.60. The van der Waals surface area contributed by atoms with Crippen molar-refractivity contribution < 1.29 is 5.11 Å². The summed E-state index contributed by atoms with van der Waals surface area (Å²) in [5, 5.41) is 9.19. The van der Waals surface area contributed by atoms with E-state index in [1.807, 2.05) is 0 Å². The van der Waals surface area contributed by atoms with Gasteiger partial charge in [-0.1, -0.05) is 0 Å². The predicted octanol–water partition coefficient (Wildman–Crippen LogP) is -0.110. The summed E-state index contributed by atoms with van der Waals surface area (Å²) in [4.78, 5) is 0. The number of hydrogen-bond acceptors (Lipinski definition) is 4. The monoisotopic (exact) mass is 153 g/mol. The molecular formula is C7H11N3O. The lowest BCUT2D eigenvalue weighted by Crippen LogP contribution is -2.20. The standard InChI is InChI=1S/C7H11N3O/c8-4-1-2-6(11)5(3-4)7(9)10/h1-3,7,11H,8-10H2. The topological polar surface area (TPSA) is 98.3 Å². The van der Waals surface area contributed by atoms with Crippen molar-refractivity contribution in [1.82, 2.24) is 0 Å². The molecule has 60 valence electrons. The first-order valence-corrected chi connectivity index (χ1v) is 3.21. The lowest BCUT2D eigenvalue weighted by Gasteiger charge is -2.08. The Balaban J connectivity index is 3.13. The Morgan fingerprint density at radius 3 is 2.36 bits per heavy atom. The van der Waals surface area contributed by atoms with Crippen molar-refractivity contribution in [3.05, 3.63) is 23.8 Å². The molecule has 0 aliphatic heterocycles. The van der Waals surface area contributed by atoms with Gasteiger partial charge in [0.1, 0.15) is 5.75 Å². The number of benzene rings is 1. The molecule has 0 unspecified atom stereocenters. The molecule has 0 heterocycles. The van der Waals surface area contributed by atoms with Crippen LogP contribution in [-0.2, 0) is 0 Å². The molecule has 0 radical (unpaired) electrons. The van der Waals surface area contributed by atoms with Gasteiger partial charge in [-0.05, 0) is 18.2 Å². The van der Waals surface area contributed by atoms with Crippen LogP contribution in [0.5, 0.6) is 5.75 Å². The van der Waals surface area contributed by atoms with Crippen LogP contribution in [0.15, 0.2) is 18.2 Å². The van der Waals surface area contributed by atoms with E-state index in [4.69, 9.17) is 17.2 Å². The Kier molecular flexibility index (Phi) is 1.98. The summed E-state index contributed by atoms with van der Waals surface area (Å²) in [6, 6.07) is 4.61. The molecule has 4 heteroatoms. The van der Waals surface area contributed by atoms with Gasteiger partial charge in [0.2, 0.25) is 0 Å². The summed E-state index contributed by atoms with van der Waals surface area (Å²) in [5.41, 5.74) is 17.1. The first kappa shape index (κ1) is 7.84. The first-order chi connectivity index (χ1) is 5.11. The fraction of sp³-hybridized carbons (Fsp3) is 0.143. The average molecular weight is 153 g/mol. The fourth-order valence-electron chi connectivity index (χ4n) is 0.840. The first-order valence-electron chi connectivity index (χ1n) is 3.21. The summed E-state index contributed by atoms with van der Waals surface area (Å²) in [5.74, 6) is 0.0780. The number of nitrogen functional groups attached to an aromatic ring is 1. The maximum atomic E-state index is 9.19. The van der Waals surface area contributed by atoms with Crippen molar-refractivity contribution in [1.29, 1.82) is 0 Å². The van der Waals surface area contributed by atoms with Crippen LogP contribution in [0.3, 0.4) is 0 Å². The Morgan fingerprint density at radius 2 is 1.91 bits per heavy atom. The van der Waals surface area contributed by atoms with Gasteiger partial charge < -0.3 is 22.3 Å². The highest BCUT2D eigenvalue weighted by Gasteiger charge is 2.05. The highest BCUT2D eigenvalue weighted by molar-refractivity contribution is 5.48. The Hall–Kier alpha value is -1.26. The van der Waals surface area contributed by atoms with Crippen molar-refractivity contribution >= 4 is 5.69 Å². The zero-order valence-electron chi connectivity index (χ0n) is 5.99. The minimum atomic E-state index is -0.682. The van der Waals surface area contributed by atoms with Gasteiger partial charge in [0, 0.05) is 11.3 Å². The van der Waals surface area contributed by atoms with Gasteiger partial charge in [-0.25, -0.2) is 0 Å². The van der Waals surface area contributed by atoms with Gasteiger partial charge in [0.15, 0.2) is 0 Å². The average Bonchev–Trinajstić information content (AvgIpc) is 1.94. The van der Waals surface area contributed by atoms with Gasteiger partial charge in [0.25, 0.3) is 0 Å². The molecule has 1 aromatic rings. The predicted molar refractivity (Wildman–Crippen MR) is 43.6 cm³/mol. The quantitative estimate of drug-likeness (QED) is 0.257. The van der Waals surface area contributed by atoms with Crippen LogP contribution in [0.2, 0.25) is 0 Å². The van der Waals surface area contributed by atoms with E-state index in [1.165, 1.54) is 6.07 Å². The second-order valence-electron chi connectivity index (χ2n) is 2.34. The number of phenols is 1. The SMILES string of the molecule is Nc1ccc(O)c(C(N)N)c1. The zero-order chi connectivity index (χ0) is 8.43. The fourth-order valence-corrected chi connectivity index (χ4v) is 0.840. The summed E-state index contributed by atoms with van der Waals surface area (Å²) < 4.78 is 0. The van der Waals surface area contributed by atoms with Crippen LogP contribution in [0, 0.1) is 0 Å². The molecule has 0 bridgehead atoms. The van der Waals surface area contributed by atoms with Crippen LogP contribution in [-0.4, -0.2) is 5.11 Å². The summed E-state index contributed by atoms with van der Waals surface area (Å²) in [6.07, 6.45) is -0.682. The smallest absolute Gasteiger partial charge is 0.121 e. The normalized spacial score (nSPS) is 10.5. The number of phenolic OH excluding ortho intramolecular Hbond substituents is 1. The van der Waals surface area contributed by atoms with E-state index >= 15 is 0 Å². The largest absolute Gasteiger partial charge is 0.508 e. The van der Waals surface area contributed by atoms with E-state index in [0.29, 0.717) is 11.3 Å². The van der Waals surface area contributed by atoms with Gasteiger partial charge in [-0.2, -0.15) is 0 Å². The summed E-state index contributed by atoms with van der Waals surface area (Å²) >= 11 is 0. The molecule has 0 aliphatic rings. The van der Waals surface area contributed by atoms with Gasteiger partial charge >= 0.3 is 0 Å². The maximum absolute atomic E-state index is 9.19. The molecule has 0 aliphatic carbocycles. The van der Waals surface area contributed by atoms with E-state index in [1.54, 1.807) is 12.1 Å². The summed E-state index contributed by atoms with van der Waals surface area (Å²) in [7, 11) is 0. The molecule has 0 saturated heterocycles. The lowest BCUT2D eigenvalue weighted by molar-refractivity contribution is 0.462. The highest BCUT2D eigenvalue weighted by atomic mass is 16.3. The molecule has 0 spiro atoms. The van der Waals surface area contributed by atoms with E-state index in [-0.39, 0.29) is 5.75 Å². The maximum Gasteiger partial charge on any atom is 0.121 e. The Labute approximate surface area is 64.6 Å². The molecule has 0 atom stereocenters. The Morgan fingerprint density at radius 1 is 1.27 bits per heavy atom. The Bertz CT molecular complexity index is 260. The van der Waals surface area contributed by atoms with E-state index < -0.39 is 6.17 Å². The second kappa shape index (κ2) is 2.77. The third-order valence-corrected chi connectivity index (χ3v) is 1.41. The molecule has 7 N–H and O–H groups in total.